The molecule has 0 aliphatic heterocycles. The number of guanidine groups is 1. The molecule has 3 rings (SSSR count). The van der Waals surface area contributed by atoms with Crippen molar-refractivity contribution in [2.45, 2.75) is 6.54 Å². The normalized spacial score (nSPS) is 11.0. The average Bonchev–Trinajstić information content (AvgIpc) is 2.77. The zero-order valence-corrected chi connectivity index (χ0v) is 17.2. The SMILES string of the molecule is COc1cc(CN=C(N)Nc2cccc(Oc3ccccc3)c2)cc(OC)c1OC. The van der Waals surface area contributed by atoms with Gasteiger partial charge in [0, 0.05) is 11.8 Å². The topological polar surface area (TPSA) is 87.3 Å². The fourth-order valence-electron chi connectivity index (χ4n) is 2.85. The number of nitrogens with one attached hydrogen (secondary N) is 1. The largest absolute Gasteiger partial charge is 0.493 e. The highest BCUT2D eigenvalue weighted by molar-refractivity contribution is 5.92. The highest BCUT2D eigenvalue weighted by Crippen LogP contribution is 2.38. The van der Waals surface area contributed by atoms with Gasteiger partial charge in [0.2, 0.25) is 5.75 Å². The van der Waals surface area contributed by atoms with E-state index in [2.05, 4.69) is 10.3 Å². The van der Waals surface area contributed by atoms with Crippen molar-refractivity contribution >= 4 is 11.6 Å². The van der Waals surface area contributed by atoms with Crippen LogP contribution in [-0.2, 0) is 6.54 Å². The number of benzene rings is 3. The number of nitrogens with two attached hydrogens (primary N) is 1. The number of hydrogen-bond donors (Lipinski definition) is 2. The highest BCUT2D eigenvalue weighted by atomic mass is 16.5. The second kappa shape index (κ2) is 10.1. The number of hydrogen-bond acceptors (Lipinski definition) is 5. The van der Waals surface area contributed by atoms with E-state index in [1.54, 1.807) is 21.3 Å². The number of rotatable bonds is 8. The summed E-state index contributed by atoms with van der Waals surface area (Å²) in [5, 5.41) is 3.08. The van der Waals surface area contributed by atoms with Crippen molar-refractivity contribution in [1.82, 2.24) is 0 Å². The summed E-state index contributed by atoms with van der Waals surface area (Å²) in [4.78, 5) is 4.40. The van der Waals surface area contributed by atoms with Crippen molar-refractivity contribution in [3.63, 3.8) is 0 Å². The van der Waals surface area contributed by atoms with Gasteiger partial charge in [0.15, 0.2) is 17.5 Å². The van der Waals surface area contributed by atoms with Crippen LogP contribution in [0.25, 0.3) is 0 Å². The number of aliphatic imine (C=N–C) groups is 1. The van der Waals surface area contributed by atoms with Crippen molar-refractivity contribution in [1.29, 1.82) is 0 Å². The molecular formula is C23H25N3O4. The highest BCUT2D eigenvalue weighted by Gasteiger charge is 2.13. The molecule has 0 bridgehead atoms. The third kappa shape index (κ3) is 5.35. The Bertz CT molecular complexity index is 981. The first-order valence-corrected chi connectivity index (χ1v) is 9.31. The maximum atomic E-state index is 6.06. The standard InChI is InChI=1S/C23H25N3O4/c1-27-20-12-16(13-21(28-2)22(20)29-3)15-25-23(24)26-17-8-7-11-19(14-17)30-18-9-5-4-6-10-18/h4-14H,15H2,1-3H3,(H3,24,25,26). The first kappa shape index (κ1) is 20.9. The van der Waals surface area contributed by atoms with Crippen LogP contribution in [0, 0.1) is 0 Å². The lowest BCUT2D eigenvalue weighted by atomic mass is 10.2. The van der Waals surface area contributed by atoms with E-state index in [4.69, 9.17) is 24.7 Å². The van der Waals surface area contributed by atoms with Crippen LogP contribution in [0.1, 0.15) is 5.56 Å². The summed E-state index contributed by atoms with van der Waals surface area (Å²) in [7, 11) is 4.71. The number of nitrogens with zero attached hydrogens (tertiary/aromatic N) is 1. The first-order chi connectivity index (χ1) is 14.6. The van der Waals surface area contributed by atoms with Crippen molar-refractivity contribution in [2.24, 2.45) is 10.7 Å². The van der Waals surface area contributed by atoms with E-state index in [1.807, 2.05) is 66.7 Å². The van der Waals surface area contributed by atoms with Crippen molar-refractivity contribution in [2.75, 3.05) is 26.6 Å². The van der Waals surface area contributed by atoms with Crippen molar-refractivity contribution in [3.8, 4) is 28.7 Å². The molecular weight excluding hydrogens is 382 g/mol. The van der Waals surface area contributed by atoms with E-state index in [9.17, 15) is 0 Å². The Hall–Kier alpha value is -3.87. The van der Waals surface area contributed by atoms with Crippen molar-refractivity contribution in [3.05, 3.63) is 72.3 Å². The molecule has 0 saturated carbocycles. The smallest absolute Gasteiger partial charge is 0.203 e. The third-order valence-electron chi connectivity index (χ3n) is 4.24. The molecule has 0 aliphatic carbocycles. The van der Waals surface area contributed by atoms with Gasteiger partial charge in [0.05, 0.1) is 27.9 Å². The van der Waals surface area contributed by atoms with E-state index >= 15 is 0 Å². The molecule has 0 aromatic heterocycles. The molecule has 0 atom stereocenters. The Morgan fingerprint density at radius 3 is 2.13 bits per heavy atom. The molecule has 7 heteroatoms. The van der Waals surface area contributed by atoms with Gasteiger partial charge in [-0.25, -0.2) is 4.99 Å². The van der Waals surface area contributed by atoms with Crippen LogP contribution in [0.5, 0.6) is 28.7 Å². The molecule has 0 radical (unpaired) electrons. The summed E-state index contributed by atoms with van der Waals surface area (Å²) in [5.74, 6) is 3.41. The van der Waals surface area contributed by atoms with E-state index in [0.717, 1.165) is 17.0 Å². The molecule has 0 spiro atoms. The zero-order chi connectivity index (χ0) is 21.3. The maximum Gasteiger partial charge on any atom is 0.203 e. The molecule has 0 heterocycles. The lowest BCUT2D eigenvalue weighted by Gasteiger charge is -2.13. The lowest BCUT2D eigenvalue weighted by Crippen LogP contribution is -2.22. The summed E-state index contributed by atoms with van der Waals surface area (Å²) < 4.78 is 21.9. The van der Waals surface area contributed by atoms with Gasteiger partial charge in [0.1, 0.15) is 11.5 Å². The Kier molecular flexibility index (Phi) is 7.00. The predicted octanol–water partition coefficient (Wildman–Crippen LogP) is 4.43. The molecule has 0 saturated heterocycles. The number of para-hydroxylation sites is 1. The van der Waals surface area contributed by atoms with Crippen LogP contribution in [0.2, 0.25) is 0 Å². The molecule has 3 aromatic rings. The van der Waals surface area contributed by atoms with E-state index in [-0.39, 0.29) is 5.96 Å². The number of anilines is 1. The van der Waals surface area contributed by atoms with Crippen LogP contribution in [0.15, 0.2) is 71.7 Å². The summed E-state index contributed by atoms with van der Waals surface area (Å²) in [6, 6.07) is 20.8. The van der Waals surface area contributed by atoms with Gasteiger partial charge in [-0.2, -0.15) is 0 Å². The molecule has 0 unspecified atom stereocenters. The molecule has 156 valence electrons. The van der Waals surface area contributed by atoms with Crippen molar-refractivity contribution < 1.29 is 18.9 Å². The maximum absolute atomic E-state index is 6.06. The monoisotopic (exact) mass is 407 g/mol. The van der Waals surface area contributed by atoms with Crippen LogP contribution < -0.4 is 30.0 Å². The molecule has 30 heavy (non-hydrogen) atoms. The second-order valence-electron chi connectivity index (χ2n) is 6.30. The molecule has 7 nitrogen and oxygen atoms in total. The fraction of sp³-hybridized carbons (Fsp3) is 0.174. The summed E-state index contributed by atoms with van der Waals surface area (Å²) >= 11 is 0. The minimum Gasteiger partial charge on any atom is -0.493 e. The molecule has 3 N–H and O–H groups in total. The number of methoxy groups -OCH3 is 3. The summed E-state index contributed by atoms with van der Waals surface area (Å²) in [6.07, 6.45) is 0. The summed E-state index contributed by atoms with van der Waals surface area (Å²) in [5.41, 5.74) is 7.71. The van der Waals surface area contributed by atoms with Gasteiger partial charge in [-0.1, -0.05) is 24.3 Å². The third-order valence-corrected chi connectivity index (χ3v) is 4.24. The number of ether oxygens (including phenoxy) is 4. The molecule has 0 aliphatic rings. The van der Waals surface area contributed by atoms with Crippen LogP contribution in [0.3, 0.4) is 0 Å². The van der Waals surface area contributed by atoms with Gasteiger partial charge in [-0.05, 0) is 42.0 Å². The lowest BCUT2D eigenvalue weighted by molar-refractivity contribution is 0.324. The van der Waals surface area contributed by atoms with Gasteiger partial charge < -0.3 is 30.0 Å². The molecule has 0 amide bonds. The Balaban J connectivity index is 1.69. The predicted molar refractivity (Wildman–Crippen MR) is 118 cm³/mol. The van der Waals surface area contributed by atoms with Crippen LogP contribution >= 0.6 is 0 Å². The van der Waals surface area contributed by atoms with E-state index < -0.39 is 0 Å². The first-order valence-electron chi connectivity index (χ1n) is 9.31. The Labute approximate surface area is 176 Å². The van der Waals surface area contributed by atoms with Crippen LogP contribution in [0.4, 0.5) is 5.69 Å². The van der Waals surface area contributed by atoms with Gasteiger partial charge in [-0.15, -0.1) is 0 Å². The van der Waals surface area contributed by atoms with Crippen LogP contribution in [-0.4, -0.2) is 27.3 Å². The quantitative estimate of drug-likeness (QED) is 0.424. The fourth-order valence-corrected chi connectivity index (χ4v) is 2.85. The Morgan fingerprint density at radius 1 is 0.833 bits per heavy atom. The van der Waals surface area contributed by atoms with Gasteiger partial charge in [0.25, 0.3) is 0 Å². The second-order valence-corrected chi connectivity index (χ2v) is 6.30. The minimum atomic E-state index is 0.278. The van der Waals surface area contributed by atoms with Gasteiger partial charge in [-0.3, -0.25) is 0 Å². The molecule has 3 aromatic carbocycles. The summed E-state index contributed by atoms with van der Waals surface area (Å²) in [6.45, 7) is 0.343. The minimum absolute atomic E-state index is 0.278. The average molecular weight is 407 g/mol. The van der Waals surface area contributed by atoms with E-state index in [1.165, 1.54) is 0 Å². The molecule has 0 fully saturated rings. The zero-order valence-electron chi connectivity index (χ0n) is 17.2. The van der Waals surface area contributed by atoms with E-state index in [0.29, 0.717) is 29.5 Å². The Morgan fingerprint density at radius 2 is 1.50 bits per heavy atom. The van der Waals surface area contributed by atoms with Gasteiger partial charge >= 0.3 is 0 Å².